The summed E-state index contributed by atoms with van der Waals surface area (Å²) in [7, 11) is 0. The van der Waals surface area contributed by atoms with E-state index in [4.69, 9.17) is 11.6 Å². The summed E-state index contributed by atoms with van der Waals surface area (Å²) in [4.78, 5) is 28.3. The smallest absolute Gasteiger partial charge is 0.234 e. The maximum atomic E-state index is 13.2. The molecule has 29 heavy (non-hydrogen) atoms. The first kappa shape index (κ1) is 21.2. The number of carbonyl (C=O) groups is 2. The van der Waals surface area contributed by atoms with Gasteiger partial charge in [0.1, 0.15) is 11.6 Å². The summed E-state index contributed by atoms with van der Waals surface area (Å²) in [6.07, 6.45) is 1.65. The molecule has 0 aliphatic carbocycles. The van der Waals surface area contributed by atoms with Gasteiger partial charge in [-0.25, -0.2) is 9.37 Å². The van der Waals surface area contributed by atoms with Gasteiger partial charge in [0.25, 0.3) is 0 Å². The molecule has 12 heteroatoms. The number of thiazole rings is 1. The average Bonchev–Trinajstić information content (AvgIpc) is 3.32. The van der Waals surface area contributed by atoms with E-state index in [0.29, 0.717) is 28.3 Å². The number of rotatable bonds is 8. The molecule has 0 spiro atoms. The summed E-state index contributed by atoms with van der Waals surface area (Å²) in [5, 5.41) is 16.2. The lowest BCUT2D eigenvalue weighted by Crippen LogP contribution is -2.18. The Kier molecular flexibility index (Phi) is 7.18. The van der Waals surface area contributed by atoms with Crippen LogP contribution in [0.1, 0.15) is 12.7 Å². The van der Waals surface area contributed by atoms with Crippen molar-refractivity contribution in [3.05, 3.63) is 46.4 Å². The average molecular weight is 455 g/mol. The van der Waals surface area contributed by atoms with Crippen LogP contribution in [0.3, 0.4) is 0 Å². The number of benzene rings is 1. The molecule has 0 saturated heterocycles. The van der Waals surface area contributed by atoms with E-state index < -0.39 is 5.82 Å². The molecule has 2 aromatic heterocycles. The molecule has 152 valence electrons. The Hall–Kier alpha value is -2.50. The maximum Gasteiger partial charge on any atom is 0.234 e. The first-order valence-electron chi connectivity index (χ1n) is 8.45. The zero-order valence-electron chi connectivity index (χ0n) is 15.2. The summed E-state index contributed by atoms with van der Waals surface area (Å²) in [6.45, 7) is 2.45. The van der Waals surface area contributed by atoms with E-state index in [-0.39, 0.29) is 29.0 Å². The molecule has 0 unspecified atom stereocenters. The Morgan fingerprint density at radius 1 is 1.28 bits per heavy atom. The third-order valence-electron chi connectivity index (χ3n) is 3.64. The van der Waals surface area contributed by atoms with Crippen LogP contribution >= 0.6 is 34.7 Å². The molecular formula is C17H16ClFN6O2S2. The SMILES string of the molecule is CCn1c(CC(=O)Nc2nccs2)nnc1SCC(=O)Nc1ccc(F)c(Cl)c1. The normalized spacial score (nSPS) is 10.7. The Balaban J connectivity index is 1.57. The minimum Gasteiger partial charge on any atom is -0.325 e. The van der Waals surface area contributed by atoms with Gasteiger partial charge in [-0.2, -0.15) is 0 Å². The van der Waals surface area contributed by atoms with Crippen LogP contribution in [-0.4, -0.2) is 37.3 Å². The van der Waals surface area contributed by atoms with Gasteiger partial charge in [0.2, 0.25) is 11.8 Å². The van der Waals surface area contributed by atoms with Crippen molar-refractivity contribution in [2.45, 2.75) is 25.0 Å². The number of hydrogen-bond donors (Lipinski definition) is 2. The van der Waals surface area contributed by atoms with Crippen LogP contribution < -0.4 is 10.6 Å². The summed E-state index contributed by atoms with van der Waals surface area (Å²) >= 11 is 8.22. The minimum atomic E-state index is -0.554. The number of nitrogens with zero attached hydrogens (tertiary/aromatic N) is 4. The third kappa shape index (κ3) is 5.75. The van der Waals surface area contributed by atoms with Crippen LogP contribution in [0, 0.1) is 5.82 Å². The summed E-state index contributed by atoms with van der Waals surface area (Å²) < 4.78 is 15.0. The molecular weight excluding hydrogens is 439 g/mol. The predicted octanol–water partition coefficient (Wildman–Crippen LogP) is 3.46. The van der Waals surface area contributed by atoms with Crippen LogP contribution in [0.2, 0.25) is 5.02 Å². The number of thioether (sulfide) groups is 1. The standard InChI is InChI=1S/C17H16ClFN6O2S2/c1-2-25-13(8-14(26)22-16-20-5-6-28-16)23-24-17(25)29-9-15(27)21-10-3-4-12(19)11(18)7-10/h3-7H,2,8-9H2,1H3,(H,21,27)(H,20,22,26). The number of anilines is 2. The van der Waals surface area contributed by atoms with Gasteiger partial charge < -0.3 is 15.2 Å². The van der Waals surface area contributed by atoms with Crippen molar-refractivity contribution in [3.63, 3.8) is 0 Å². The zero-order chi connectivity index (χ0) is 20.8. The molecule has 2 amide bonds. The van der Waals surface area contributed by atoms with Crippen molar-refractivity contribution in [2.75, 3.05) is 16.4 Å². The number of hydrogen-bond acceptors (Lipinski definition) is 7. The largest absolute Gasteiger partial charge is 0.325 e. The van der Waals surface area contributed by atoms with E-state index in [0.717, 1.165) is 0 Å². The number of halogens is 2. The van der Waals surface area contributed by atoms with Crippen molar-refractivity contribution in [2.24, 2.45) is 0 Å². The zero-order valence-corrected chi connectivity index (χ0v) is 17.6. The van der Waals surface area contributed by atoms with Crippen molar-refractivity contribution >= 4 is 57.3 Å². The first-order chi connectivity index (χ1) is 14.0. The fourth-order valence-electron chi connectivity index (χ4n) is 2.37. The van der Waals surface area contributed by atoms with Gasteiger partial charge in [0.05, 0.1) is 17.2 Å². The fraction of sp³-hybridized carbons (Fsp3) is 0.235. The van der Waals surface area contributed by atoms with Crippen LogP contribution in [0.25, 0.3) is 0 Å². The molecule has 0 aliphatic heterocycles. The topological polar surface area (TPSA) is 102 Å². The van der Waals surface area contributed by atoms with Gasteiger partial charge in [0, 0.05) is 23.8 Å². The minimum absolute atomic E-state index is 0.0429. The van der Waals surface area contributed by atoms with Gasteiger partial charge in [-0.1, -0.05) is 23.4 Å². The highest BCUT2D eigenvalue weighted by molar-refractivity contribution is 7.99. The first-order valence-corrected chi connectivity index (χ1v) is 10.7. The van der Waals surface area contributed by atoms with E-state index in [1.54, 1.807) is 16.1 Å². The van der Waals surface area contributed by atoms with Crippen LogP contribution in [0.4, 0.5) is 15.2 Å². The quantitative estimate of drug-likeness (QED) is 0.505. The number of carbonyl (C=O) groups excluding carboxylic acids is 2. The van der Waals surface area contributed by atoms with Crippen molar-refractivity contribution in [3.8, 4) is 0 Å². The van der Waals surface area contributed by atoms with Crippen LogP contribution in [0.5, 0.6) is 0 Å². The molecule has 1 aromatic carbocycles. The molecule has 0 bridgehead atoms. The summed E-state index contributed by atoms with van der Waals surface area (Å²) in [6, 6.07) is 3.95. The van der Waals surface area contributed by atoms with Crippen molar-refractivity contribution < 1.29 is 14.0 Å². The highest BCUT2D eigenvalue weighted by Gasteiger charge is 2.16. The number of nitrogens with one attached hydrogen (secondary N) is 2. The predicted molar refractivity (Wildman–Crippen MR) is 111 cm³/mol. The third-order valence-corrected chi connectivity index (χ3v) is 5.59. The Labute approximate surface area is 178 Å². The van der Waals surface area contributed by atoms with E-state index in [1.807, 2.05) is 6.92 Å². The second-order valence-corrected chi connectivity index (χ2v) is 7.92. The monoisotopic (exact) mass is 454 g/mol. The summed E-state index contributed by atoms with van der Waals surface area (Å²) in [5.41, 5.74) is 0.401. The van der Waals surface area contributed by atoms with Gasteiger partial charge in [-0.3, -0.25) is 9.59 Å². The summed E-state index contributed by atoms with van der Waals surface area (Å²) in [5.74, 6) is -0.537. The molecule has 2 heterocycles. The van der Waals surface area contributed by atoms with Gasteiger partial charge >= 0.3 is 0 Å². The van der Waals surface area contributed by atoms with E-state index >= 15 is 0 Å². The maximum absolute atomic E-state index is 13.2. The van der Waals surface area contributed by atoms with E-state index in [1.165, 1.54) is 41.3 Å². The highest BCUT2D eigenvalue weighted by Crippen LogP contribution is 2.21. The van der Waals surface area contributed by atoms with E-state index in [9.17, 15) is 14.0 Å². The molecule has 3 rings (SSSR count). The van der Waals surface area contributed by atoms with Crippen LogP contribution in [0.15, 0.2) is 34.9 Å². The van der Waals surface area contributed by atoms with Crippen LogP contribution in [-0.2, 0) is 22.6 Å². The van der Waals surface area contributed by atoms with Crippen molar-refractivity contribution in [1.29, 1.82) is 0 Å². The number of aromatic nitrogens is 4. The van der Waals surface area contributed by atoms with Gasteiger partial charge in [0.15, 0.2) is 10.3 Å². The Bertz CT molecular complexity index is 1010. The molecule has 8 nitrogen and oxygen atoms in total. The highest BCUT2D eigenvalue weighted by atomic mass is 35.5. The van der Waals surface area contributed by atoms with Crippen molar-refractivity contribution in [1.82, 2.24) is 19.7 Å². The molecule has 0 radical (unpaired) electrons. The second kappa shape index (κ2) is 9.81. The van der Waals surface area contributed by atoms with E-state index in [2.05, 4.69) is 25.8 Å². The molecule has 2 N–H and O–H groups in total. The van der Waals surface area contributed by atoms with Gasteiger partial charge in [-0.05, 0) is 25.1 Å². The van der Waals surface area contributed by atoms with Gasteiger partial charge in [-0.15, -0.1) is 21.5 Å². The number of amides is 2. The lowest BCUT2D eigenvalue weighted by atomic mass is 10.3. The fourth-order valence-corrected chi connectivity index (χ4v) is 3.91. The molecule has 3 aromatic rings. The Morgan fingerprint density at radius 3 is 2.79 bits per heavy atom. The second-order valence-electron chi connectivity index (χ2n) is 5.67. The lowest BCUT2D eigenvalue weighted by molar-refractivity contribution is -0.116. The lowest BCUT2D eigenvalue weighted by Gasteiger charge is -2.08. The molecule has 0 fully saturated rings. The molecule has 0 atom stereocenters. The molecule has 0 aliphatic rings. The Morgan fingerprint density at radius 2 is 2.10 bits per heavy atom. The molecule has 0 saturated carbocycles.